The Kier molecular flexibility index (Phi) is 3.67. The molecule has 0 saturated carbocycles. The van der Waals surface area contributed by atoms with E-state index in [9.17, 15) is 0 Å². The van der Waals surface area contributed by atoms with Crippen molar-refractivity contribution in [2.75, 3.05) is 6.61 Å². The van der Waals surface area contributed by atoms with Crippen LogP contribution in [0.25, 0.3) is 0 Å². The summed E-state index contributed by atoms with van der Waals surface area (Å²) in [6.45, 7) is 5.29. The Morgan fingerprint density at radius 2 is 2.36 bits per heavy atom. The second-order valence-electron chi connectivity index (χ2n) is 3.42. The standard InChI is InChI=1S/C9H17ClO/c1-3-7(2)9-6-8(10)4-5-11-9/h7-9H,3-6H2,1-2H3/t7?,8-,9+/m0/s1. The molecule has 0 amide bonds. The summed E-state index contributed by atoms with van der Waals surface area (Å²) in [4.78, 5) is 0. The third-order valence-electron chi connectivity index (χ3n) is 2.53. The molecule has 0 N–H and O–H groups in total. The van der Waals surface area contributed by atoms with Gasteiger partial charge in [0.2, 0.25) is 0 Å². The lowest BCUT2D eigenvalue weighted by Crippen LogP contribution is -2.30. The normalized spacial score (nSPS) is 35.2. The molecule has 1 heterocycles. The van der Waals surface area contributed by atoms with Crippen molar-refractivity contribution in [3.63, 3.8) is 0 Å². The molecule has 1 nitrogen and oxygen atoms in total. The van der Waals surface area contributed by atoms with Gasteiger partial charge in [-0.1, -0.05) is 20.3 Å². The summed E-state index contributed by atoms with van der Waals surface area (Å²) in [5.41, 5.74) is 0. The summed E-state index contributed by atoms with van der Waals surface area (Å²) in [7, 11) is 0. The predicted molar refractivity (Wildman–Crippen MR) is 48.1 cm³/mol. The van der Waals surface area contributed by atoms with Crippen LogP contribution in [0.2, 0.25) is 0 Å². The molecule has 1 saturated heterocycles. The summed E-state index contributed by atoms with van der Waals surface area (Å²) >= 11 is 6.03. The average Bonchev–Trinajstić information content (AvgIpc) is 2.03. The second-order valence-corrected chi connectivity index (χ2v) is 4.03. The van der Waals surface area contributed by atoms with Crippen LogP contribution in [0.1, 0.15) is 33.1 Å². The highest BCUT2D eigenvalue weighted by atomic mass is 35.5. The lowest BCUT2D eigenvalue weighted by Gasteiger charge is -2.30. The summed E-state index contributed by atoms with van der Waals surface area (Å²) in [6.07, 6.45) is 3.66. The molecule has 0 aromatic rings. The Balaban J connectivity index is 2.33. The number of hydrogen-bond donors (Lipinski definition) is 0. The minimum atomic E-state index is 0.350. The van der Waals surface area contributed by atoms with Crippen LogP contribution >= 0.6 is 11.6 Å². The van der Waals surface area contributed by atoms with Gasteiger partial charge in [0.25, 0.3) is 0 Å². The Morgan fingerprint density at radius 3 is 2.91 bits per heavy atom. The summed E-state index contributed by atoms with van der Waals surface area (Å²) in [6, 6.07) is 0. The molecule has 0 radical (unpaired) electrons. The molecule has 2 heteroatoms. The van der Waals surface area contributed by atoms with Gasteiger partial charge in [-0.2, -0.15) is 0 Å². The first-order valence-electron chi connectivity index (χ1n) is 4.49. The van der Waals surface area contributed by atoms with Gasteiger partial charge < -0.3 is 4.74 Å². The predicted octanol–water partition coefficient (Wildman–Crippen LogP) is 2.82. The van der Waals surface area contributed by atoms with Gasteiger partial charge in [-0.25, -0.2) is 0 Å². The van der Waals surface area contributed by atoms with Crippen LogP contribution in [0.4, 0.5) is 0 Å². The molecule has 0 aromatic heterocycles. The van der Waals surface area contributed by atoms with E-state index >= 15 is 0 Å². The first-order chi connectivity index (χ1) is 5.24. The fraction of sp³-hybridized carbons (Fsp3) is 1.00. The molecule has 1 unspecified atom stereocenters. The zero-order valence-electron chi connectivity index (χ0n) is 7.35. The van der Waals surface area contributed by atoms with Crippen molar-refractivity contribution >= 4 is 11.6 Å². The quantitative estimate of drug-likeness (QED) is 0.588. The fourth-order valence-corrected chi connectivity index (χ4v) is 1.71. The lowest BCUT2D eigenvalue weighted by molar-refractivity contribution is -0.0153. The van der Waals surface area contributed by atoms with E-state index in [-0.39, 0.29) is 0 Å². The smallest absolute Gasteiger partial charge is 0.0614 e. The van der Waals surface area contributed by atoms with Crippen molar-refractivity contribution in [2.24, 2.45) is 5.92 Å². The molecule has 3 atom stereocenters. The minimum absolute atomic E-state index is 0.350. The molecular formula is C9H17ClO. The van der Waals surface area contributed by atoms with Crippen LogP contribution in [0, 0.1) is 5.92 Å². The molecular weight excluding hydrogens is 160 g/mol. The molecule has 11 heavy (non-hydrogen) atoms. The molecule has 1 aliphatic rings. The van der Waals surface area contributed by atoms with E-state index in [0.29, 0.717) is 17.4 Å². The highest BCUT2D eigenvalue weighted by molar-refractivity contribution is 6.20. The second kappa shape index (κ2) is 4.32. The maximum absolute atomic E-state index is 6.03. The van der Waals surface area contributed by atoms with E-state index in [1.165, 1.54) is 6.42 Å². The SMILES string of the molecule is CCC(C)[C@H]1C[C@@H](Cl)CCO1. The van der Waals surface area contributed by atoms with Crippen molar-refractivity contribution in [2.45, 2.75) is 44.6 Å². The Hall–Kier alpha value is 0.250. The van der Waals surface area contributed by atoms with Crippen molar-refractivity contribution in [3.8, 4) is 0 Å². The van der Waals surface area contributed by atoms with Crippen LogP contribution < -0.4 is 0 Å². The van der Waals surface area contributed by atoms with Gasteiger partial charge in [0.05, 0.1) is 6.10 Å². The van der Waals surface area contributed by atoms with Gasteiger partial charge in [0.15, 0.2) is 0 Å². The van der Waals surface area contributed by atoms with Gasteiger partial charge in [-0.3, -0.25) is 0 Å². The largest absolute Gasteiger partial charge is 0.378 e. The number of ether oxygens (including phenoxy) is 1. The first kappa shape index (κ1) is 9.34. The number of halogens is 1. The van der Waals surface area contributed by atoms with E-state index in [1.807, 2.05) is 0 Å². The molecule has 66 valence electrons. The summed E-state index contributed by atoms with van der Waals surface area (Å²) < 4.78 is 5.62. The molecule has 0 aromatic carbocycles. The third kappa shape index (κ3) is 2.64. The van der Waals surface area contributed by atoms with E-state index in [4.69, 9.17) is 16.3 Å². The monoisotopic (exact) mass is 176 g/mol. The summed E-state index contributed by atoms with van der Waals surface area (Å²) in [5.74, 6) is 0.663. The van der Waals surface area contributed by atoms with Crippen LogP contribution in [0.3, 0.4) is 0 Å². The maximum atomic E-state index is 6.03. The molecule has 0 aliphatic carbocycles. The van der Waals surface area contributed by atoms with Crippen molar-refractivity contribution < 1.29 is 4.74 Å². The van der Waals surface area contributed by atoms with Gasteiger partial charge in [0.1, 0.15) is 0 Å². The molecule has 1 rings (SSSR count). The van der Waals surface area contributed by atoms with Crippen LogP contribution in [0.5, 0.6) is 0 Å². The van der Waals surface area contributed by atoms with Crippen LogP contribution in [-0.2, 0) is 4.74 Å². The van der Waals surface area contributed by atoms with Gasteiger partial charge >= 0.3 is 0 Å². The van der Waals surface area contributed by atoms with Gasteiger partial charge in [0, 0.05) is 12.0 Å². The lowest BCUT2D eigenvalue weighted by atomic mass is 9.95. The van der Waals surface area contributed by atoms with Crippen molar-refractivity contribution in [1.82, 2.24) is 0 Å². The maximum Gasteiger partial charge on any atom is 0.0614 e. The highest BCUT2D eigenvalue weighted by Crippen LogP contribution is 2.25. The van der Waals surface area contributed by atoms with Crippen LogP contribution in [-0.4, -0.2) is 18.1 Å². The number of alkyl halides is 1. The van der Waals surface area contributed by atoms with Gasteiger partial charge in [-0.15, -0.1) is 11.6 Å². The number of hydrogen-bond acceptors (Lipinski definition) is 1. The van der Waals surface area contributed by atoms with Gasteiger partial charge in [-0.05, 0) is 18.8 Å². The van der Waals surface area contributed by atoms with E-state index in [0.717, 1.165) is 19.4 Å². The Labute approximate surface area is 74.1 Å². The number of rotatable bonds is 2. The first-order valence-corrected chi connectivity index (χ1v) is 4.93. The zero-order chi connectivity index (χ0) is 8.27. The third-order valence-corrected chi connectivity index (χ3v) is 2.93. The zero-order valence-corrected chi connectivity index (χ0v) is 8.10. The molecule has 1 fully saturated rings. The van der Waals surface area contributed by atoms with Crippen molar-refractivity contribution in [3.05, 3.63) is 0 Å². The minimum Gasteiger partial charge on any atom is -0.378 e. The average molecular weight is 177 g/mol. The Morgan fingerprint density at radius 1 is 1.64 bits per heavy atom. The topological polar surface area (TPSA) is 9.23 Å². The van der Waals surface area contributed by atoms with E-state index in [1.54, 1.807) is 0 Å². The Bertz CT molecular complexity index is 116. The highest BCUT2D eigenvalue weighted by Gasteiger charge is 2.24. The molecule has 0 bridgehead atoms. The van der Waals surface area contributed by atoms with Crippen molar-refractivity contribution in [1.29, 1.82) is 0 Å². The molecule has 1 aliphatic heterocycles. The molecule has 0 spiro atoms. The van der Waals surface area contributed by atoms with Crippen LogP contribution in [0.15, 0.2) is 0 Å². The fourth-order valence-electron chi connectivity index (χ4n) is 1.44. The van der Waals surface area contributed by atoms with E-state index < -0.39 is 0 Å². The van der Waals surface area contributed by atoms with E-state index in [2.05, 4.69) is 13.8 Å². The summed E-state index contributed by atoms with van der Waals surface area (Å²) in [5, 5.41) is 0.350.